The molecule has 0 amide bonds. The van der Waals surface area contributed by atoms with Gasteiger partial charge >= 0.3 is 0 Å². The Morgan fingerprint density at radius 2 is 2.06 bits per heavy atom. The molecule has 1 aromatic carbocycles. The minimum atomic E-state index is 0.156. The fourth-order valence-electron chi connectivity index (χ4n) is 2.46. The molecule has 1 aliphatic heterocycles. The molecule has 1 heterocycles. The second-order valence-electron chi connectivity index (χ2n) is 5.81. The van der Waals surface area contributed by atoms with Gasteiger partial charge in [0.15, 0.2) is 5.84 Å². The molecular formula is C14H21N3O. The molecule has 4 nitrogen and oxygen atoms in total. The molecule has 1 saturated heterocycles. The van der Waals surface area contributed by atoms with Gasteiger partial charge in [0.2, 0.25) is 0 Å². The summed E-state index contributed by atoms with van der Waals surface area (Å²) in [5.74, 6) is 0.156. The second-order valence-corrected chi connectivity index (χ2v) is 5.81. The molecule has 0 radical (unpaired) electrons. The average molecular weight is 247 g/mol. The summed E-state index contributed by atoms with van der Waals surface area (Å²) in [7, 11) is 0. The molecule has 0 spiro atoms. The number of likely N-dealkylation sites (tertiary alicyclic amines) is 1. The van der Waals surface area contributed by atoms with E-state index in [-0.39, 0.29) is 5.84 Å². The lowest BCUT2D eigenvalue weighted by Gasteiger charge is -2.19. The number of oxime groups is 1. The minimum absolute atomic E-state index is 0.156. The van der Waals surface area contributed by atoms with Crippen LogP contribution in [0.5, 0.6) is 0 Å². The summed E-state index contributed by atoms with van der Waals surface area (Å²) in [5.41, 5.74) is 7.99. The first-order chi connectivity index (χ1) is 8.50. The predicted octanol–water partition coefficient (Wildman–Crippen LogP) is 2.01. The molecule has 18 heavy (non-hydrogen) atoms. The van der Waals surface area contributed by atoms with Crippen LogP contribution < -0.4 is 5.73 Å². The van der Waals surface area contributed by atoms with Crippen LogP contribution in [-0.4, -0.2) is 29.0 Å². The van der Waals surface area contributed by atoms with Crippen LogP contribution in [0.25, 0.3) is 0 Å². The Balaban J connectivity index is 1.99. The van der Waals surface area contributed by atoms with Crippen molar-refractivity contribution in [2.45, 2.75) is 26.8 Å². The van der Waals surface area contributed by atoms with Crippen molar-refractivity contribution in [3.05, 3.63) is 35.4 Å². The van der Waals surface area contributed by atoms with Crippen molar-refractivity contribution in [1.82, 2.24) is 4.90 Å². The van der Waals surface area contributed by atoms with Gasteiger partial charge in [-0.15, -0.1) is 0 Å². The molecule has 1 aromatic rings. The quantitative estimate of drug-likeness (QED) is 0.372. The Morgan fingerprint density at radius 1 is 1.39 bits per heavy atom. The molecular weight excluding hydrogens is 226 g/mol. The summed E-state index contributed by atoms with van der Waals surface area (Å²) < 4.78 is 0. The Bertz CT molecular complexity index is 437. The first-order valence-electron chi connectivity index (χ1n) is 6.29. The zero-order valence-corrected chi connectivity index (χ0v) is 11.1. The van der Waals surface area contributed by atoms with Gasteiger partial charge in [0, 0.05) is 18.7 Å². The number of hydrogen-bond donors (Lipinski definition) is 2. The summed E-state index contributed by atoms with van der Waals surface area (Å²) in [6.07, 6.45) is 1.26. The van der Waals surface area contributed by atoms with Crippen molar-refractivity contribution in [2.75, 3.05) is 13.1 Å². The maximum atomic E-state index is 8.60. The molecule has 0 saturated carbocycles. The van der Waals surface area contributed by atoms with Crippen molar-refractivity contribution < 1.29 is 5.21 Å². The zero-order chi connectivity index (χ0) is 13.2. The number of amidine groups is 1. The summed E-state index contributed by atoms with van der Waals surface area (Å²) in [4.78, 5) is 2.47. The number of nitrogens with zero attached hydrogens (tertiary/aromatic N) is 2. The van der Waals surface area contributed by atoms with Gasteiger partial charge in [-0.05, 0) is 23.9 Å². The highest BCUT2D eigenvalue weighted by Crippen LogP contribution is 2.29. The Morgan fingerprint density at radius 3 is 2.56 bits per heavy atom. The minimum Gasteiger partial charge on any atom is -0.409 e. The molecule has 0 aromatic heterocycles. The van der Waals surface area contributed by atoms with Gasteiger partial charge in [0.05, 0.1) is 0 Å². The Labute approximate surface area is 108 Å². The lowest BCUT2D eigenvalue weighted by Crippen LogP contribution is -2.22. The van der Waals surface area contributed by atoms with Gasteiger partial charge in [-0.2, -0.15) is 0 Å². The lowest BCUT2D eigenvalue weighted by molar-refractivity contribution is 0.284. The van der Waals surface area contributed by atoms with E-state index in [1.807, 2.05) is 24.3 Å². The van der Waals surface area contributed by atoms with Gasteiger partial charge in [0.25, 0.3) is 0 Å². The van der Waals surface area contributed by atoms with Crippen LogP contribution in [0.1, 0.15) is 31.4 Å². The molecule has 4 heteroatoms. The van der Waals surface area contributed by atoms with E-state index in [0.717, 1.165) is 25.2 Å². The number of nitrogens with two attached hydrogens (primary N) is 1. The fraction of sp³-hybridized carbons (Fsp3) is 0.500. The third kappa shape index (κ3) is 3.01. The Kier molecular flexibility index (Phi) is 3.57. The highest BCUT2D eigenvalue weighted by molar-refractivity contribution is 5.96. The highest BCUT2D eigenvalue weighted by atomic mass is 16.4. The van der Waals surface area contributed by atoms with Crippen LogP contribution >= 0.6 is 0 Å². The van der Waals surface area contributed by atoms with Crippen LogP contribution in [0.4, 0.5) is 0 Å². The molecule has 3 N–H and O–H groups in total. The van der Waals surface area contributed by atoms with Gasteiger partial charge in [-0.25, -0.2) is 0 Å². The summed E-state index contributed by atoms with van der Waals surface area (Å²) in [6.45, 7) is 7.91. The van der Waals surface area contributed by atoms with Crippen LogP contribution in [-0.2, 0) is 6.54 Å². The molecule has 0 aliphatic carbocycles. The standard InChI is InChI=1S/C14H21N3O/c1-14(2)7-8-17(10-14)9-11-3-5-12(6-4-11)13(15)16-18/h3-6,18H,7-10H2,1-2H3,(H2,15,16). The molecule has 0 unspecified atom stereocenters. The van der Waals surface area contributed by atoms with Crippen molar-refractivity contribution in [2.24, 2.45) is 16.3 Å². The number of rotatable bonds is 3. The third-order valence-electron chi connectivity index (χ3n) is 3.52. The molecule has 98 valence electrons. The monoisotopic (exact) mass is 247 g/mol. The SMILES string of the molecule is CC1(C)CCN(Cc2ccc(C(N)=NO)cc2)C1. The van der Waals surface area contributed by atoms with E-state index >= 15 is 0 Å². The second kappa shape index (κ2) is 4.98. The maximum Gasteiger partial charge on any atom is 0.170 e. The van der Waals surface area contributed by atoms with Crippen molar-refractivity contribution >= 4 is 5.84 Å². The molecule has 1 fully saturated rings. The Hall–Kier alpha value is -1.55. The van der Waals surface area contributed by atoms with E-state index in [4.69, 9.17) is 10.9 Å². The zero-order valence-electron chi connectivity index (χ0n) is 11.1. The van der Waals surface area contributed by atoms with Crippen LogP contribution in [0.2, 0.25) is 0 Å². The largest absolute Gasteiger partial charge is 0.409 e. The molecule has 1 aliphatic rings. The third-order valence-corrected chi connectivity index (χ3v) is 3.52. The molecule has 0 bridgehead atoms. The van der Waals surface area contributed by atoms with Crippen molar-refractivity contribution in [1.29, 1.82) is 0 Å². The summed E-state index contributed by atoms with van der Waals surface area (Å²) >= 11 is 0. The summed E-state index contributed by atoms with van der Waals surface area (Å²) in [5, 5.41) is 11.6. The van der Waals surface area contributed by atoms with Crippen molar-refractivity contribution in [3.63, 3.8) is 0 Å². The van der Waals surface area contributed by atoms with E-state index in [9.17, 15) is 0 Å². The van der Waals surface area contributed by atoms with E-state index in [2.05, 4.69) is 23.9 Å². The average Bonchev–Trinajstić information content (AvgIpc) is 2.68. The number of benzene rings is 1. The van der Waals surface area contributed by atoms with Gasteiger partial charge in [-0.1, -0.05) is 43.3 Å². The van der Waals surface area contributed by atoms with Gasteiger partial charge in [-0.3, -0.25) is 4.90 Å². The van der Waals surface area contributed by atoms with Crippen LogP contribution in [0.3, 0.4) is 0 Å². The van der Waals surface area contributed by atoms with E-state index in [0.29, 0.717) is 5.41 Å². The number of hydrogen-bond acceptors (Lipinski definition) is 3. The normalized spacial score (nSPS) is 20.2. The van der Waals surface area contributed by atoms with Gasteiger partial charge in [0.1, 0.15) is 0 Å². The highest BCUT2D eigenvalue weighted by Gasteiger charge is 2.28. The molecule has 2 rings (SSSR count). The smallest absolute Gasteiger partial charge is 0.170 e. The van der Waals surface area contributed by atoms with E-state index < -0.39 is 0 Å². The van der Waals surface area contributed by atoms with E-state index in [1.54, 1.807) is 0 Å². The van der Waals surface area contributed by atoms with E-state index in [1.165, 1.54) is 12.0 Å². The maximum absolute atomic E-state index is 8.60. The van der Waals surface area contributed by atoms with Crippen molar-refractivity contribution in [3.8, 4) is 0 Å². The lowest BCUT2D eigenvalue weighted by atomic mass is 9.93. The summed E-state index contributed by atoms with van der Waals surface area (Å²) in [6, 6.07) is 7.87. The first kappa shape index (κ1) is 12.9. The van der Waals surface area contributed by atoms with Crippen LogP contribution in [0.15, 0.2) is 29.4 Å². The molecule has 0 atom stereocenters. The fourth-order valence-corrected chi connectivity index (χ4v) is 2.46. The topological polar surface area (TPSA) is 61.8 Å². The first-order valence-corrected chi connectivity index (χ1v) is 6.29. The predicted molar refractivity (Wildman–Crippen MR) is 72.6 cm³/mol. The van der Waals surface area contributed by atoms with Crippen LogP contribution in [0, 0.1) is 5.41 Å². The van der Waals surface area contributed by atoms with Gasteiger partial charge < -0.3 is 10.9 Å².